The second-order valence-corrected chi connectivity index (χ2v) is 6.99. The van der Waals surface area contributed by atoms with Crippen molar-refractivity contribution in [2.24, 2.45) is 0 Å². The van der Waals surface area contributed by atoms with E-state index in [4.69, 9.17) is 4.74 Å². The molecule has 0 aliphatic heterocycles. The number of ether oxygens (including phenoxy) is 1. The van der Waals surface area contributed by atoms with E-state index in [1.807, 2.05) is 50.2 Å². The number of thiophene rings is 1. The van der Waals surface area contributed by atoms with Crippen molar-refractivity contribution in [2.45, 2.75) is 39.8 Å². The molecule has 1 aromatic carbocycles. The Morgan fingerprint density at radius 1 is 1.32 bits per heavy atom. The normalized spacial score (nSPS) is 12.3. The van der Waals surface area contributed by atoms with E-state index in [1.165, 1.54) is 15.9 Å². The molecule has 0 bridgehead atoms. The average molecular weight is 356 g/mol. The zero-order chi connectivity index (χ0) is 18.0. The van der Waals surface area contributed by atoms with Crippen LogP contribution < -0.4 is 5.56 Å². The predicted octanol–water partition coefficient (Wildman–Crippen LogP) is 3.78. The SMILES string of the molecule is CCC(C)OC(=O)Cn1c(C)nc2sc(-c3ccccc3)cc2c1=O. The van der Waals surface area contributed by atoms with E-state index in [1.54, 1.807) is 6.92 Å². The number of hydrogen-bond donors (Lipinski definition) is 0. The Morgan fingerprint density at radius 3 is 2.72 bits per heavy atom. The van der Waals surface area contributed by atoms with Gasteiger partial charge >= 0.3 is 5.97 Å². The van der Waals surface area contributed by atoms with Crippen molar-refractivity contribution in [2.75, 3.05) is 0 Å². The highest BCUT2D eigenvalue weighted by Crippen LogP contribution is 2.30. The topological polar surface area (TPSA) is 61.2 Å². The molecule has 0 amide bonds. The zero-order valence-electron chi connectivity index (χ0n) is 14.5. The summed E-state index contributed by atoms with van der Waals surface area (Å²) in [6, 6.07) is 11.7. The van der Waals surface area contributed by atoms with Gasteiger partial charge in [-0.1, -0.05) is 37.3 Å². The van der Waals surface area contributed by atoms with E-state index >= 15 is 0 Å². The Bertz CT molecular complexity index is 960. The first kappa shape index (κ1) is 17.4. The van der Waals surface area contributed by atoms with Gasteiger partial charge in [0.2, 0.25) is 0 Å². The van der Waals surface area contributed by atoms with Crippen molar-refractivity contribution in [1.82, 2.24) is 9.55 Å². The standard InChI is InChI=1S/C19H20N2O3S/c1-4-12(2)24-17(22)11-21-13(3)20-18-15(19(21)23)10-16(25-18)14-8-6-5-7-9-14/h5-10,12H,4,11H2,1-3H3. The van der Waals surface area contributed by atoms with Crippen LogP contribution in [0.15, 0.2) is 41.2 Å². The molecule has 5 nitrogen and oxygen atoms in total. The fourth-order valence-electron chi connectivity index (χ4n) is 2.52. The van der Waals surface area contributed by atoms with Crippen molar-refractivity contribution in [1.29, 1.82) is 0 Å². The molecule has 3 aromatic rings. The number of aryl methyl sites for hydroxylation is 1. The molecule has 0 saturated heterocycles. The Labute approximate surface area is 149 Å². The molecular weight excluding hydrogens is 336 g/mol. The first-order chi connectivity index (χ1) is 12.0. The van der Waals surface area contributed by atoms with Gasteiger partial charge < -0.3 is 4.74 Å². The molecular formula is C19H20N2O3S. The van der Waals surface area contributed by atoms with Gasteiger partial charge in [0.05, 0.1) is 11.5 Å². The van der Waals surface area contributed by atoms with Gasteiger partial charge in [-0.2, -0.15) is 0 Å². The molecule has 0 saturated carbocycles. The van der Waals surface area contributed by atoms with Crippen LogP contribution in [0.2, 0.25) is 0 Å². The van der Waals surface area contributed by atoms with Crippen LogP contribution in [0.25, 0.3) is 20.7 Å². The van der Waals surface area contributed by atoms with Crippen LogP contribution in [-0.4, -0.2) is 21.6 Å². The molecule has 1 unspecified atom stereocenters. The van der Waals surface area contributed by atoms with Gasteiger partial charge in [0, 0.05) is 4.88 Å². The highest BCUT2D eigenvalue weighted by Gasteiger charge is 2.16. The number of carbonyl (C=O) groups is 1. The molecule has 0 N–H and O–H groups in total. The summed E-state index contributed by atoms with van der Waals surface area (Å²) in [6.07, 6.45) is 0.577. The summed E-state index contributed by atoms with van der Waals surface area (Å²) in [5.41, 5.74) is 0.840. The van der Waals surface area contributed by atoms with E-state index in [2.05, 4.69) is 4.98 Å². The molecule has 1 atom stereocenters. The fourth-order valence-corrected chi connectivity index (χ4v) is 3.60. The lowest BCUT2D eigenvalue weighted by Crippen LogP contribution is -2.29. The molecule has 0 aliphatic carbocycles. The highest BCUT2D eigenvalue weighted by atomic mass is 32.1. The van der Waals surface area contributed by atoms with Crippen LogP contribution >= 0.6 is 11.3 Å². The molecule has 0 fully saturated rings. The Hall–Kier alpha value is -2.47. The van der Waals surface area contributed by atoms with Gasteiger partial charge in [0.15, 0.2) is 0 Å². The average Bonchev–Trinajstić information content (AvgIpc) is 3.03. The number of rotatable bonds is 5. The van der Waals surface area contributed by atoms with E-state index < -0.39 is 5.97 Å². The van der Waals surface area contributed by atoms with E-state index in [9.17, 15) is 9.59 Å². The minimum atomic E-state index is -0.417. The quantitative estimate of drug-likeness (QED) is 0.653. The minimum Gasteiger partial charge on any atom is -0.461 e. The van der Waals surface area contributed by atoms with Gasteiger partial charge in [-0.3, -0.25) is 14.2 Å². The van der Waals surface area contributed by atoms with Crippen molar-refractivity contribution >= 4 is 27.5 Å². The van der Waals surface area contributed by atoms with E-state index in [0.717, 1.165) is 16.9 Å². The molecule has 25 heavy (non-hydrogen) atoms. The van der Waals surface area contributed by atoms with Crippen molar-refractivity contribution in [3.05, 3.63) is 52.6 Å². The summed E-state index contributed by atoms with van der Waals surface area (Å²) in [6.45, 7) is 5.40. The maximum atomic E-state index is 12.8. The molecule has 3 rings (SSSR count). The first-order valence-corrected chi connectivity index (χ1v) is 9.07. The molecule has 0 radical (unpaired) electrons. The molecule has 2 aromatic heterocycles. The first-order valence-electron chi connectivity index (χ1n) is 8.25. The largest absolute Gasteiger partial charge is 0.461 e. The third-order valence-electron chi connectivity index (χ3n) is 4.10. The summed E-state index contributed by atoms with van der Waals surface area (Å²) in [5.74, 6) is 0.0966. The van der Waals surface area contributed by atoms with Gasteiger partial charge in [0.25, 0.3) is 5.56 Å². The summed E-state index contributed by atoms with van der Waals surface area (Å²) < 4.78 is 6.66. The Balaban J connectivity index is 1.98. The van der Waals surface area contributed by atoms with Crippen LogP contribution in [0.3, 0.4) is 0 Å². The van der Waals surface area contributed by atoms with E-state index in [-0.39, 0.29) is 18.2 Å². The fraction of sp³-hybridized carbons (Fsp3) is 0.316. The second kappa shape index (κ2) is 7.19. The maximum absolute atomic E-state index is 12.8. The Kier molecular flexibility index (Phi) is 4.99. The Morgan fingerprint density at radius 2 is 2.04 bits per heavy atom. The molecule has 2 heterocycles. The summed E-state index contributed by atoms with van der Waals surface area (Å²) in [4.78, 5) is 31.0. The maximum Gasteiger partial charge on any atom is 0.326 e. The number of esters is 1. The molecule has 130 valence electrons. The van der Waals surface area contributed by atoms with Gasteiger partial charge in [-0.15, -0.1) is 11.3 Å². The molecule has 0 aliphatic rings. The lowest BCUT2D eigenvalue weighted by molar-refractivity contribution is -0.149. The van der Waals surface area contributed by atoms with Crippen LogP contribution in [0, 0.1) is 6.92 Å². The van der Waals surface area contributed by atoms with Crippen molar-refractivity contribution in [3.8, 4) is 10.4 Å². The third kappa shape index (κ3) is 3.64. The van der Waals surface area contributed by atoms with E-state index in [0.29, 0.717) is 16.0 Å². The van der Waals surface area contributed by atoms with Crippen LogP contribution in [0.5, 0.6) is 0 Å². The number of carbonyl (C=O) groups excluding carboxylic acids is 1. The minimum absolute atomic E-state index is 0.117. The highest BCUT2D eigenvalue weighted by molar-refractivity contribution is 7.21. The van der Waals surface area contributed by atoms with Crippen LogP contribution in [0.4, 0.5) is 0 Å². The molecule has 6 heteroatoms. The number of fused-ring (bicyclic) bond motifs is 1. The van der Waals surface area contributed by atoms with Crippen molar-refractivity contribution < 1.29 is 9.53 Å². The summed E-state index contributed by atoms with van der Waals surface area (Å²) in [7, 11) is 0. The van der Waals surface area contributed by atoms with Gasteiger partial charge in [-0.05, 0) is 31.9 Å². The van der Waals surface area contributed by atoms with Gasteiger partial charge in [0.1, 0.15) is 17.2 Å². The lowest BCUT2D eigenvalue weighted by Gasteiger charge is -2.13. The van der Waals surface area contributed by atoms with Crippen LogP contribution in [0.1, 0.15) is 26.1 Å². The third-order valence-corrected chi connectivity index (χ3v) is 5.17. The lowest BCUT2D eigenvalue weighted by atomic mass is 10.2. The number of benzene rings is 1. The van der Waals surface area contributed by atoms with Crippen LogP contribution in [-0.2, 0) is 16.1 Å². The smallest absolute Gasteiger partial charge is 0.326 e. The molecule has 0 spiro atoms. The second-order valence-electron chi connectivity index (χ2n) is 5.95. The number of nitrogens with zero attached hydrogens (tertiary/aromatic N) is 2. The summed E-state index contributed by atoms with van der Waals surface area (Å²) in [5, 5.41) is 0.533. The zero-order valence-corrected chi connectivity index (χ0v) is 15.3. The van der Waals surface area contributed by atoms with Gasteiger partial charge in [-0.25, -0.2) is 4.98 Å². The number of aromatic nitrogens is 2. The monoisotopic (exact) mass is 356 g/mol. The number of hydrogen-bond acceptors (Lipinski definition) is 5. The predicted molar refractivity (Wildman–Crippen MR) is 99.9 cm³/mol. The van der Waals surface area contributed by atoms with Crippen molar-refractivity contribution in [3.63, 3.8) is 0 Å². The summed E-state index contributed by atoms with van der Waals surface area (Å²) >= 11 is 1.48.